The maximum Gasteiger partial charge on any atom is 0.242 e. The summed E-state index contributed by atoms with van der Waals surface area (Å²) < 4.78 is 0. The summed E-state index contributed by atoms with van der Waals surface area (Å²) >= 11 is 5.99. The minimum atomic E-state index is -0.448. The molecule has 2 N–H and O–H groups in total. The Hall–Kier alpha value is -1.99. The summed E-state index contributed by atoms with van der Waals surface area (Å²) in [6, 6.07) is 6.42. The lowest BCUT2D eigenvalue weighted by molar-refractivity contribution is -0.121. The molecule has 1 rings (SSSR count). The van der Waals surface area contributed by atoms with Gasteiger partial charge in [-0.15, -0.1) is 6.58 Å². The number of anilines is 1. The van der Waals surface area contributed by atoms with E-state index in [9.17, 15) is 4.79 Å². The standard InChI is InChI=1S/C13H14ClN3O/c1-3-6-16-13(18)9(2)17-12-7-10(8-15)4-5-11(12)14/h3-5,7,9,17H,1,6H2,2H3,(H,16,18). The summed E-state index contributed by atoms with van der Waals surface area (Å²) in [5, 5.41) is 14.9. The van der Waals surface area contributed by atoms with Crippen LogP contribution in [0.25, 0.3) is 0 Å². The van der Waals surface area contributed by atoms with Crippen molar-refractivity contribution in [1.82, 2.24) is 5.32 Å². The predicted octanol–water partition coefficient (Wildman–Crippen LogP) is 2.31. The van der Waals surface area contributed by atoms with Crippen molar-refractivity contribution in [3.63, 3.8) is 0 Å². The monoisotopic (exact) mass is 263 g/mol. The first-order valence-electron chi connectivity index (χ1n) is 5.43. The number of amides is 1. The molecule has 0 aliphatic heterocycles. The Bertz CT molecular complexity index is 493. The summed E-state index contributed by atoms with van der Waals surface area (Å²) in [4.78, 5) is 11.6. The molecular weight excluding hydrogens is 250 g/mol. The molecule has 0 aromatic heterocycles. The fraction of sp³-hybridized carbons (Fsp3) is 0.231. The van der Waals surface area contributed by atoms with E-state index < -0.39 is 6.04 Å². The third kappa shape index (κ3) is 3.79. The zero-order valence-corrected chi connectivity index (χ0v) is 10.8. The van der Waals surface area contributed by atoms with Crippen molar-refractivity contribution in [2.75, 3.05) is 11.9 Å². The van der Waals surface area contributed by atoms with E-state index in [1.54, 1.807) is 31.2 Å². The average molecular weight is 264 g/mol. The van der Waals surface area contributed by atoms with Crippen molar-refractivity contribution in [3.8, 4) is 6.07 Å². The van der Waals surface area contributed by atoms with E-state index in [0.29, 0.717) is 22.8 Å². The van der Waals surface area contributed by atoms with E-state index in [1.807, 2.05) is 6.07 Å². The SMILES string of the molecule is C=CCNC(=O)C(C)Nc1cc(C#N)ccc1Cl. The van der Waals surface area contributed by atoms with Crippen LogP contribution in [-0.2, 0) is 4.79 Å². The van der Waals surface area contributed by atoms with Crippen LogP contribution in [0.4, 0.5) is 5.69 Å². The minimum absolute atomic E-state index is 0.159. The van der Waals surface area contributed by atoms with Crippen LogP contribution in [-0.4, -0.2) is 18.5 Å². The molecule has 0 spiro atoms. The van der Waals surface area contributed by atoms with Crippen LogP contribution in [0.3, 0.4) is 0 Å². The molecule has 0 saturated carbocycles. The molecule has 1 aromatic rings. The average Bonchev–Trinajstić information content (AvgIpc) is 2.38. The second-order valence-electron chi connectivity index (χ2n) is 3.71. The Labute approximate surface area is 111 Å². The van der Waals surface area contributed by atoms with Gasteiger partial charge in [-0.3, -0.25) is 4.79 Å². The number of nitrogens with one attached hydrogen (secondary N) is 2. The van der Waals surface area contributed by atoms with Crippen molar-refractivity contribution in [2.45, 2.75) is 13.0 Å². The first-order chi connectivity index (χ1) is 8.58. The van der Waals surface area contributed by atoms with E-state index in [1.165, 1.54) is 0 Å². The van der Waals surface area contributed by atoms with Gasteiger partial charge in [-0.05, 0) is 25.1 Å². The van der Waals surface area contributed by atoms with Crippen LogP contribution >= 0.6 is 11.6 Å². The number of hydrogen-bond donors (Lipinski definition) is 2. The predicted molar refractivity (Wildman–Crippen MR) is 72.5 cm³/mol. The zero-order valence-electron chi connectivity index (χ0n) is 10.0. The number of benzene rings is 1. The second kappa shape index (κ2) is 6.67. The number of rotatable bonds is 5. The maximum atomic E-state index is 11.6. The molecule has 18 heavy (non-hydrogen) atoms. The topological polar surface area (TPSA) is 64.9 Å². The highest BCUT2D eigenvalue weighted by atomic mass is 35.5. The molecule has 1 amide bonds. The molecular formula is C13H14ClN3O. The number of nitrogens with zero attached hydrogens (tertiary/aromatic N) is 1. The van der Waals surface area contributed by atoms with Gasteiger partial charge in [0.25, 0.3) is 0 Å². The third-order valence-electron chi connectivity index (χ3n) is 2.28. The van der Waals surface area contributed by atoms with Crippen LogP contribution in [0, 0.1) is 11.3 Å². The molecule has 0 saturated heterocycles. The lowest BCUT2D eigenvalue weighted by atomic mass is 10.2. The van der Waals surface area contributed by atoms with Crippen molar-refractivity contribution < 1.29 is 4.79 Å². The van der Waals surface area contributed by atoms with Gasteiger partial charge in [0, 0.05) is 6.54 Å². The van der Waals surface area contributed by atoms with E-state index in [0.717, 1.165) is 0 Å². The Kier molecular flexibility index (Phi) is 5.22. The summed E-state index contributed by atoms with van der Waals surface area (Å²) in [5.41, 5.74) is 1.05. The van der Waals surface area contributed by atoms with Gasteiger partial charge in [0.1, 0.15) is 6.04 Å². The fourth-order valence-electron chi connectivity index (χ4n) is 1.33. The number of halogens is 1. The van der Waals surface area contributed by atoms with E-state index in [-0.39, 0.29) is 5.91 Å². The van der Waals surface area contributed by atoms with E-state index in [2.05, 4.69) is 17.2 Å². The quantitative estimate of drug-likeness (QED) is 0.802. The second-order valence-corrected chi connectivity index (χ2v) is 4.11. The van der Waals surface area contributed by atoms with Crippen molar-refractivity contribution >= 4 is 23.2 Å². The molecule has 1 aromatic carbocycles. The molecule has 0 radical (unpaired) electrons. The van der Waals surface area contributed by atoms with Gasteiger partial charge in [-0.2, -0.15) is 5.26 Å². The zero-order chi connectivity index (χ0) is 13.5. The van der Waals surface area contributed by atoms with Gasteiger partial charge in [-0.25, -0.2) is 0 Å². The highest BCUT2D eigenvalue weighted by Crippen LogP contribution is 2.23. The number of carbonyl (C=O) groups is 1. The van der Waals surface area contributed by atoms with Crippen molar-refractivity contribution in [1.29, 1.82) is 5.26 Å². The number of hydrogen-bond acceptors (Lipinski definition) is 3. The van der Waals surface area contributed by atoms with Gasteiger partial charge >= 0.3 is 0 Å². The summed E-state index contributed by atoms with van der Waals surface area (Å²) in [5.74, 6) is -0.159. The van der Waals surface area contributed by atoms with Crippen LogP contribution in [0.1, 0.15) is 12.5 Å². The highest BCUT2D eigenvalue weighted by molar-refractivity contribution is 6.33. The van der Waals surface area contributed by atoms with Crippen molar-refractivity contribution in [3.05, 3.63) is 41.4 Å². The first kappa shape index (κ1) is 14.1. The Morgan fingerprint density at radius 1 is 1.67 bits per heavy atom. The smallest absolute Gasteiger partial charge is 0.242 e. The molecule has 0 heterocycles. The maximum absolute atomic E-state index is 11.6. The largest absolute Gasteiger partial charge is 0.373 e. The summed E-state index contributed by atoms with van der Waals surface area (Å²) in [6.45, 7) is 5.65. The van der Waals surface area contributed by atoms with Gasteiger partial charge in [0.05, 0.1) is 22.3 Å². The fourth-order valence-corrected chi connectivity index (χ4v) is 1.50. The van der Waals surface area contributed by atoms with Crippen LogP contribution in [0.5, 0.6) is 0 Å². The molecule has 94 valence electrons. The molecule has 0 bridgehead atoms. The molecule has 5 heteroatoms. The Morgan fingerprint density at radius 3 is 3.00 bits per heavy atom. The number of carbonyl (C=O) groups excluding carboxylic acids is 1. The molecule has 0 fully saturated rings. The van der Waals surface area contributed by atoms with Crippen LogP contribution in [0.15, 0.2) is 30.9 Å². The van der Waals surface area contributed by atoms with Gasteiger partial charge in [0.2, 0.25) is 5.91 Å². The minimum Gasteiger partial charge on any atom is -0.373 e. The van der Waals surface area contributed by atoms with Crippen molar-refractivity contribution in [2.24, 2.45) is 0 Å². The molecule has 1 atom stereocenters. The molecule has 1 unspecified atom stereocenters. The molecule has 0 aliphatic carbocycles. The lowest BCUT2D eigenvalue weighted by Gasteiger charge is -2.15. The first-order valence-corrected chi connectivity index (χ1v) is 5.81. The van der Waals surface area contributed by atoms with Gasteiger partial charge in [-0.1, -0.05) is 17.7 Å². The molecule has 4 nitrogen and oxygen atoms in total. The Morgan fingerprint density at radius 2 is 2.39 bits per heavy atom. The van der Waals surface area contributed by atoms with E-state index >= 15 is 0 Å². The third-order valence-corrected chi connectivity index (χ3v) is 2.61. The summed E-state index contributed by atoms with van der Waals surface area (Å²) in [6.07, 6.45) is 1.61. The molecule has 0 aliphatic rings. The highest BCUT2D eigenvalue weighted by Gasteiger charge is 2.13. The summed E-state index contributed by atoms with van der Waals surface area (Å²) in [7, 11) is 0. The normalized spacial score (nSPS) is 11.2. The van der Waals surface area contributed by atoms with Gasteiger partial charge in [0.15, 0.2) is 0 Å². The van der Waals surface area contributed by atoms with Crippen LogP contribution < -0.4 is 10.6 Å². The number of nitriles is 1. The van der Waals surface area contributed by atoms with Crippen LogP contribution in [0.2, 0.25) is 5.02 Å². The van der Waals surface area contributed by atoms with Gasteiger partial charge < -0.3 is 10.6 Å². The Balaban J connectivity index is 2.75. The lowest BCUT2D eigenvalue weighted by Crippen LogP contribution is -2.37. The van der Waals surface area contributed by atoms with E-state index in [4.69, 9.17) is 16.9 Å².